The van der Waals surface area contributed by atoms with Crippen LogP contribution < -0.4 is 10.6 Å². The lowest BCUT2D eigenvalue weighted by atomic mass is 10.1. The second-order valence-electron chi connectivity index (χ2n) is 7.43. The zero-order valence-electron chi connectivity index (χ0n) is 18.0. The van der Waals surface area contributed by atoms with E-state index in [0.29, 0.717) is 33.3 Å². The number of nitrogens with zero attached hydrogens (tertiary/aromatic N) is 3. The SMILES string of the molecule is Cc1n[nH]c(C)c1C(=O)N(C)CC(O)Cc1csc(NC(=O)NCc2cccc(F)c2)n1. The molecule has 0 aliphatic carbocycles. The molecule has 0 saturated heterocycles. The van der Waals surface area contributed by atoms with Crippen molar-refractivity contribution >= 4 is 28.4 Å². The fourth-order valence-electron chi connectivity index (χ4n) is 3.19. The molecular weight excluding hydrogens is 435 g/mol. The number of likely N-dealkylation sites (N-methyl/N-ethyl adjacent to an activating group) is 1. The van der Waals surface area contributed by atoms with Gasteiger partial charge in [-0.05, 0) is 31.5 Å². The molecule has 3 rings (SSSR count). The first-order valence-electron chi connectivity index (χ1n) is 9.91. The number of halogens is 1. The van der Waals surface area contributed by atoms with E-state index >= 15 is 0 Å². The van der Waals surface area contributed by atoms with E-state index in [0.717, 1.165) is 0 Å². The fourth-order valence-corrected chi connectivity index (χ4v) is 3.91. The van der Waals surface area contributed by atoms with E-state index in [4.69, 9.17) is 0 Å². The maximum Gasteiger partial charge on any atom is 0.321 e. The smallest absolute Gasteiger partial charge is 0.321 e. The minimum absolute atomic E-state index is 0.122. The molecule has 2 heterocycles. The molecule has 32 heavy (non-hydrogen) atoms. The van der Waals surface area contributed by atoms with Crippen molar-refractivity contribution in [1.29, 1.82) is 0 Å². The molecule has 0 bridgehead atoms. The number of aromatic amines is 1. The third kappa shape index (κ3) is 6.11. The lowest BCUT2D eigenvalue weighted by Crippen LogP contribution is -2.35. The Kier molecular flexibility index (Phi) is 7.54. The van der Waals surface area contributed by atoms with Crippen LogP contribution in [0.25, 0.3) is 0 Å². The van der Waals surface area contributed by atoms with E-state index in [9.17, 15) is 19.1 Å². The highest BCUT2D eigenvalue weighted by molar-refractivity contribution is 7.13. The van der Waals surface area contributed by atoms with Gasteiger partial charge in [-0.3, -0.25) is 15.2 Å². The summed E-state index contributed by atoms with van der Waals surface area (Å²) in [4.78, 5) is 30.4. The summed E-state index contributed by atoms with van der Waals surface area (Å²) < 4.78 is 13.2. The van der Waals surface area contributed by atoms with E-state index in [-0.39, 0.29) is 31.2 Å². The molecule has 3 aromatic rings. The van der Waals surface area contributed by atoms with Gasteiger partial charge in [0.05, 0.1) is 23.1 Å². The fraction of sp³-hybridized carbons (Fsp3) is 0.333. The number of urea groups is 1. The van der Waals surface area contributed by atoms with Gasteiger partial charge >= 0.3 is 6.03 Å². The highest BCUT2D eigenvalue weighted by Gasteiger charge is 2.21. The monoisotopic (exact) mass is 460 g/mol. The molecule has 4 N–H and O–H groups in total. The predicted octanol–water partition coefficient (Wildman–Crippen LogP) is 2.62. The highest BCUT2D eigenvalue weighted by atomic mass is 32.1. The quantitative estimate of drug-likeness (QED) is 0.412. The molecule has 11 heteroatoms. The maximum absolute atomic E-state index is 13.2. The molecule has 1 atom stereocenters. The van der Waals surface area contributed by atoms with Crippen LogP contribution in [0.1, 0.15) is 33.0 Å². The van der Waals surface area contributed by atoms with Crippen molar-refractivity contribution in [2.45, 2.75) is 32.9 Å². The standard InChI is InChI=1S/C21H25FN6O3S/c1-12-18(13(2)27-26-12)19(30)28(3)10-17(29)8-16-11-32-21(24-16)25-20(31)23-9-14-5-4-6-15(22)7-14/h4-7,11,17,29H,8-10H2,1-3H3,(H,26,27)(H2,23,24,25,31). The number of aromatic nitrogens is 3. The largest absolute Gasteiger partial charge is 0.391 e. The Morgan fingerprint density at radius 3 is 2.81 bits per heavy atom. The summed E-state index contributed by atoms with van der Waals surface area (Å²) in [6, 6.07) is 5.50. The van der Waals surface area contributed by atoms with Crippen molar-refractivity contribution in [3.8, 4) is 0 Å². The summed E-state index contributed by atoms with van der Waals surface area (Å²) in [5.74, 6) is -0.585. The van der Waals surface area contributed by atoms with Crippen LogP contribution in [0, 0.1) is 19.7 Å². The summed E-state index contributed by atoms with van der Waals surface area (Å²) in [6.45, 7) is 3.82. The number of nitrogens with one attached hydrogen (secondary N) is 3. The summed E-state index contributed by atoms with van der Waals surface area (Å²) in [6.07, 6.45) is -0.599. The first-order chi connectivity index (χ1) is 15.2. The van der Waals surface area contributed by atoms with Gasteiger partial charge in [0.25, 0.3) is 5.91 Å². The number of H-pyrrole nitrogens is 1. The summed E-state index contributed by atoms with van der Waals surface area (Å²) in [5, 5.41) is 24.6. The van der Waals surface area contributed by atoms with E-state index in [1.165, 1.54) is 28.4 Å². The Morgan fingerprint density at radius 2 is 2.12 bits per heavy atom. The molecular formula is C21H25FN6O3S. The number of thiazole rings is 1. The van der Waals surface area contributed by atoms with Crippen molar-refractivity contribution < 1.29 is 19.1 Å². The summed E-state index contributed by atoms with van der Waals surface area (Å²) >= 11 is 1.22. The maximum atomic E-state index is 13.2. The number of aliphatic hydroxyl groups excluding tert-OH is 1. The van der Waals surface area contributed by atoms with Crippen LogP contribution >= 0.6 is 11.3 Å². The Morgan fingerprint density at radius 1 is 1.34 bits per heavy atom. The molecule has 1 aromatic carbocycles. The topological polar surface area (TPSA) is 123 Å². The molecule has 2 aromatic heterocycles. The second kappa shape index (κ2) is 10.3. The van der Waals surface area contributed by atoms with Crippen LogP contribution in [0.3, 0.4) is 0 Å². The van der Waals surface area contributed by atoms with Gasteiger partial charge in [0.2, 0.25) is 0 Å². The normalized spacial score (nSPS) is 11.8. The number of amides is 3. The van der Waals surface area contributed by atoms with Gasteiger partial charge in [-0.1, -0.05) is 12.1 Å². The van der Waals surface area contributed by atoms with Crippen LogP contribution in [0.4, 0.5) is 14.3 Å². The number of hydrogen-bond donors (Lipinski definition) is 4. The molecule has 0 saturated carbocycles. The Hall–Kier alpha value is -3.31. The van der Waals surface area contributed by atoms with Crippen LogP contribution in [-0.4, -0.2) is 56.8 Å². The Balaban J connectivity index is 1.47. The van der Waals surface area contributed by atoms with Crippen LogP contribution in [-0.2, 0) is 13.0 Å². The van der Waals surface area contributed by atoms with Crippen molar-refractivity contribution in [2.75, 3.05) is 18.9 Å². The van der Waals surface area contributed by atoms with Gasteiger partial charge in [0, 0.05) is 37.6 Å². The van der Waals surface area contributed by atoms with Gasteiger partial charge in [-0.25, -0.2) is 14.2 Å². The molecule has 9 nitrogen and oxygen atoms in total. The number of hydrogen-bond acceptors (Lipinski definition) is 6. The first kappa shape index (κ1) is 23.4. The van der Waals surface area contributed by atoms with Crippen LogP contribution in [0.2, 0.25) is 0 Å². The van der Waals surface area contributed by atoms with E-state index in [1.54, 1.807) is 38.4 Å². The number of aryl methyl sites for hydroxylation is 2. The number of carbonyl (C=O) groups excluding carboxylic acids is 2. The Labute approximate surface area is 188 Å². The van der Waals surface area contributed by atoms with Gasteiger partial charge < -0.3 is 15.3 Å². The molecule has 3 amide bonds. The van der Waals surface area contributed by atoms with Crippen molar-refractivity contribution in [2.24, 2.45) is 0 Å². The van der Waals surface area contributed by atoms with E-state index in [2.05, 4.69) is 25.8 Å². The van der Waals surface area contributed by atoms with Crippen LogP contribution in [0.15, 0.2) is 29.6 Å². The third-order valence-corrected chi connectivity index (χ3v) is 5.54. The molecule has 0 spiro atoms. The van der Waals surface area contributed by atoms with Gasteiger partial charge in [0.1, 0.15) is 5.82 Å². The van der Waals surface area contributed by atoms with Crippen molar-refractivity contribution in [1.82, 2.24) is 25.4 Å². The number of anilines is 1. The highest BCUT2D eigenvalue weighted by Crippen LogP contribution is 2.17. The average Bonchev–Trinajstić information content (AvgIpc) is 3.31. The second-order valence-corrected chi connectivity index (χ2v) is 8.29. The molecule has 170 valence electrons. The minimum atomic E-state index is -0.826. The van der Waals surface area contributed by atoms with E-state index < -0.39 is 12.1 Å². The lowest BCUT2D eigenvalue weighted by molar-refractivity contribution is 0.0679. The van der Waals surface area contributed by atoms with Crippen molar-refractivity contribution in [3.05, 3.63) is 63.7 Å². The van der Waals surface area contributed by atoms with Gasteiger partial charge in [-0.15, -0.1) is 11.3 Å². The number of carbonyl (C=O) groups is 2. The van der Waals surface area contributed by atoms with E-state index in [1.807, 2.05) is 0 Å². The lowest BCUT2D eigenvalue weighted by Gasteiger charge is -2.20. The first-order valence-corrected chi connectivity index (χ1v) is 10.8. The Bertz CT molecular complexity index is 1080. The van der Waals surface area contributed by atoms with Crippen LogP contribution in [0.5, 0.6) is 0 Å². The summed E-state index contributed by atoms with van der Waals surface area (Å²) in [5.41, 5.74) is 3.03. The molecule has 1 unspecified atom stereocenters. The number of benzene rings is 1. The molecule has 0 radical (unpaired) electrons. The molecule has 0 aliphatic heterocycles. The third-order valence-electron chi connectivity index (χ3n) is 4.73. The minimum Gasteiger partial charge on any atom is -0.391 e. The van der Waals surface area contributed by atoms with Gasteiger partial charge in [0.15, 0.2) is 5.13 Å². The predicted molar refractivity (Wildman–Crippen MR) is 119 cm³/mol. The van der Waals surface area contributed by atoms with Crippen molar-refractivity contribution in [3.63, 3.8) is 0 Å². The zero-order chi connectivity index (χ0) is 23.3. The summed E-state index contributed by atoms with van der Waals surface area (Å²) in [7, 11) is 1.62. The number of rotatable bonds is 8. The average molecular weight is 461 g/mol. The zero-order valence-corrected chi connectivity index (χ0v) is 18.8. The molecule has 0 fully saturated rings. The number of aliphatic hydroxyl groups is 1. The van der Waals surface area contributed by atoms with Gasteiger partial charge in [-0.2, -0.15) is 5.10 Å². The molecule has 0 aliphatic rings.